The Hall–Kier alpha value is -0.580. The Morgan fingerprint density at radius 3 is 2.40 bits per heavy atom. The summed E-state index contributed by atoms with van der Waals surface area (Å²) in [6, 6.07) is 0. The molecule has 1 fully saturated rings. The number of alkyl halides is 1. The van der Waals surface area contributed by atoms with Gasteiger partial charge in [-0.3, -0.25) is 0 Å². The van der Waals surface area contributed by atoms with Crippen molar-refractivity contribution in [2.75, 3.05) is 0 Å². The number of amides is 1. The number of carbonyl (C=O) groups excluding carboxylic acids is 2. The number of halogens is 1. The van der Waals surface area contributed by atoms with Gasteiger partial charge in [0.2, 0.25) is 0 Å². The molecule has 0 bridgehead atoms. The number of rotatable bonds is 3. The molecule has 1 amide bonds. The average molecular weight is 278 g/mol. The topological polar surface area (TPSA) is 55.4 Å². The van der Waals surface area contributed by atoms with E-state index >= 15 is 0 Å². The molecule has 0 aliphatic heterocycles. The molecule has 1 atom stereocenters. The van der Waals surface area contributed by atoms with Crippen molar-refractivity contribution < 1.29 is 14.3 Å². The van der Waals surface area contributed by atoms with Crippen LogP contribution in [0.4, 0.5) is 4.79 Å². The van der Waals surface area contributed by atoms with Crippen molar-refractivity contribution >= 4 is 28.3 Å². The Bertz CT molecular complexity index is 268. The van der Waals surface area contributed by atoms with Crippen LogP contribution in [-0.2, 0) is 9.53 Å². The molecule has 4 nitrogen and oxygen atoms in total. The molecule has 86 valence electrons. The fourth-order valence-corrected chi connectivity index (χ4v) is 1.81. The standard InChI is InChI=1S/C10H16BrNO3/c1-9(2,3)15-8(14)12-10(4-5-10)7(11)6-13/h6-7H,4-5H2,1-3H3,(H,12,14). The van der Waals surface area contributed by atoms with Gasteiger partial charge in [-0.1, -0.05) is 15.9 Å². The van der Waals surface area contributed by atoms with Gasteiger partial charge >= 0.3 is 6.09 Å². The number of alkyl carbamates (subject to hydrolysis) is 1. The van der Waals surface area contributed by atoms with E-state index in [4.69, 9.17) is 4.74 Å². The molecule has 15 heavy (non-hydrogen) atoms. The molecule has 0 saturated heterocycles. The maximum absolute atomic E-state index is 11.5. The van der Waals surface area contributed by atoms with E-state index in [0.29, 0.717) is 0 Å². The lowest BCUT2D eigenvalue weighted by molar-refractivity contribution is -0.107. The first kappa shape index (κ1) is 12.5. The Morgan fingerprint density at radius 1 is 1.53 bits per heavy atom. The van der Waals surface area contributed by atoms with Crippen LogP contribution in [-0.4, -0.2) is 28.3 Å². The second kappa shape index (κ2) is 4.12. The number of aldehydes is 1. The van der Waals surface area contributed by atoms with Gasteiger partial charge in [-0.25, -0.2) is 4.79 Å². The highest BCUT2D eigenvalue weighted by Gasteiger charge is 2.50. The van der Waals surface area contributed by atoms with Crippen LogP contribution in [0.2, 0.25) is 0 Å². The third-order valence-electron chi connectivity index (χ3n) is 2.19. The Labute approximate surface area is 97.9 Å². The van der Waals surface area contributed by atoms with E-state index in [-0.39, 0.29) is 4.83 Å². The minimum atomic E-state index is -0.511. The summed E-state index contributed by atoms with van der Waals surface area (Å²) in [5.74, 6) is 0. The largest absolute Gasteiger partial charge is 0.444 e. The highest BCUT2D eigenvalue weighted by molar-refractivity contribution is 9.10. The summed E-state index contributed by atoms with van der Waals surface area (Å²) in [5.41, 5.74) is -0.937. The smallest absolute Gasteiger partial charge is 0.408 e. The van der Waals surface area contributed by atoms with Crippen LogP contribution in [0, 0.1) is 0 Å². The molecule has 0 radical (unpaired) electrons. The maximum atomic E-state index is 11.5. The van der Waals surface area contributed by atoms with E-state index < -0.39 is 17.2 Å². The van der Waals surface area contributed by atoms with Gasteiger partial charge in [0.15, 0.2) is 0 Å². The van der Waals surface area contributed by atoms with E-state index in [1.807, 2.05) is 0 Å². The molecule has 0 aromatic rings. The van der Waals surface area contributed by atoms with E-state index in [1.54, 1.807) is 20.8 Å². The van der Waals surface area contributed by atoms with Gasteiger partial charge in [0, 0.05) is 0 Å². The van der Waals surface area contributed by atoms with Crippen molar-refractivity contribution in [1.29, 1.82) is 0 Å². The van der Waals surface area contributed by atoms with E-state index in [0.717, 1.165) is 19.1 Å². The van der Waals surface area contributed by atoms with Crippen molar-refractivity contribution in [3.05, 3.63) is 0 Å². The monoisotopic (exact) mass is 277 g/mol. The van der Waals surface area contributed by atoms with Gasteiger partial charge in [0.05, 0.1) is 10.4 Å². The molecule has 1 aliphatic rings. The third-order valence-corrected chi connectivity index (χ3v) is 3.28. The lowest BCUT2D eigenvalue weighted by atomic mass is 10.2. The zero-order valence-corrected chi connectivity index (χ0v) is 10.8. The zero-order chi connectivity index (χ0) is 11.7. The first-order valence-corrected chi connectivity index (χ1v) is 5.81. The van der Waals surface area contributed by atoms with Crippen LogP contribution in [0.3, 0.4) is 0 Å². The highest BCUT2D eigenvalue weighted by Crippen LogP contribution is 2.41. The highest BCUT2D eigenvalue weighted by atomic mass is 79.9. The molecule has 1 saturated carbocycles. The summed E-state index contributed by atoms with van der Waals surface area (Å²) in [5, 5.41) is 2.74. The number of hydrogen-bond acceptors (Lipinski definition) is 3. The van der Waals surface area contributed by atoms with Crippen LogP contribution in [0.25, 0.3) is 0 Å². The normalized spacial score (nSPS) is 20.3. The van der Waals surface area contributed by atoms with Crippen LogP contribution in [0.15, 0.2) is 0 Å². The number of hydrogen-bond donors (Lipinski definition) is 1. The van der Waals surface area contributed by atoms with Gasteiger partial charge in [0.1, 0.15) is 11.9 Å². The summed E-state index contributed by atoms with van der Waals surface area (Å²) in [6.07, 6.45) is 1.94. The molecule has 5 heteroatoms. The fourth-order valence-electron chi connectivity index (χ4n) is 1.24. The number of carbonyl (C=O) groups is 2. The van der Waals surface area contributed by atoms with Crippen molar-refractivity contribution in [3.8, 4) is 0 Å². The predicted molar refractivity (Wildman–Crippen MR) is 60.1 cm³/mol. The van der Waals surface area contributed by atoms with Crippen LogP contribution in [0.5, 0.6) is 0 Å². The zero-order valence-electron chi connectivity index (χ0n) is 9.17. The van der Waals surface area contributed by atoms with E-state index in [1.165, 1.54) is 0 Å². The van der Waals surface area contributed by atoms with Gasteiger partial charge in [-0.05, 0) is 33.6 Å². The molecular weight excluding hydrogens is 262 g/mol. The van der Waals surface area contributed by atoms with E-state index in [2.05, 4.69) is 21.2 Å². The van der Waals surface area contributed by atoms with Gasteiger partial charge in [-0.15, -0.1) is 0 Å². The molecule has 0 aromatic carbocycles. The van der Waals surface area contributed by atoms with Crippen molar-refractivity contribution in [2.24, 2.45) is 0 Å². The Morgan fingerprint density at radius 2 is 2.07 bits per heavy atom. The van der Waals surface area contributed by atoms with Crippen molar-refractivity contribution in [2.45, 2.75) is 49.6 Å². The maximum Gasteiger partial charge on any atom is 0.408 e. The van der Waals surface area contributed by atoms with Gasteiger partial charge < -0.3 is 14.8 Å². The minimum Gasteiger partial charge on any atom is -0.444 e. The Balaban J connectivity index is 2.48. The summed E-state index contributed by atoms with van der Waals surface area (Å²) in [6.45, 7) is 5.41. The van der Waals surface area contributed by atoms with Crippen LogP contribution < -0.4 is 5.32 Å². The molecule has 0 heterocycles. The molecule has 1 N–H and O–H groups in total. The van der Waals surface area contributed by atoms with Gasteiger partial charge in [0.25, 0.3) is 0 Å². The molecular formula is C10H16BrNO3. The summed E-state index contributed by atoms with van der Waals surface area (Å²) < 4.78 is 5.12. The number of ether oxygens (including phenoxy) is 1. The summed E-state index contributed by atoms with van der Waals surface area (Å²) in [4.78, 5) is 21.7. The third kappa shape index (κ3) is 3.48. The quantitative estimate of drug-likeness (QED) is 0.634. The first-order valence-electron chi connectivity index (χ1n) is 4.90. The fraction of sp³-hybridized carbons (Fsp3) is 0.800. The second-order valence-corrected chi connectivity index (χ2v) is 5.81. The second-order valence-electron chi connectivity index (χ2n) is 4.82. The lowest BCUT2D eigenvalue weighted by Crippen LogP contribution is -2.46. The number of nitrogens with one attached hydrogen (secondary N) is 1. The lowest BCUT2D eigenvalue weighted by Gasteiger charge is -2.24. The SMILES string of the molecule is CC(C)(C)OC(=O)NC1(C(Br)C=O)CC1. The summed E-state index contributed by atoms with van der Waals surface area (Å²) >= 11 is 3.23. The predicted octanol–water partition coefficient (Wildman–Crippen LogP) is 2.01. The summed E-state index contributed by atoms with van der Waals surface area (Å²) in [7, 11) is 0. The molecule has 0 spiro atoms. The molecule has 0 aromatic heterocycles. The van der Waals surface area contributed by atoms with Gasteiger partial charge in [-0.2, -0.15) is 0 Å². The molecule has 1 aliphatic carbocycles. The van der Waals surface area contributed by atoms with Crippen LogP contribution >= 0.6 is 15.9 Å². The van der Waals surface area contributed by atoms with Crippen molar-refractivity contribution in [3.63, 3.8) is 0 Å². The van der Waals surface area contributed by atoms with Crippen LogP contribution in [0.1, 0.15) is 33.6 Å². The average Bonchev–Trinajstić information content (AvgIpc) is 2.80. The first-order chi connectivity index (χ1) is 6.79. The van der Waals surface area contributed by atoms with Crippen molar-refractivity contribution in [1.82, 2.24) is 5.32 Å². The molecule has 1 unspecified atom stereocenters. The van der Waals surface area contributed by atoms with E-state index in [9.17, 15) is 9.59 Å². The minimum absolute atomic E-state index is 0.336. The Kier molecular flexibility index (Phi) is 3.43. The molecule has 1 rings (SSSR count).